The summed E-state index contributed by atoms with van der Waals surface area (Å²) in [5, 5.41) is 3.15. The molecule has 1 aliphatic rings. The van der Waals surface area contributed by atoms with Crippen LogP contribution < -0.4 is 14.8 Å². The third-order valence-electron chi connectivity index (χ3n) is 4.72. The molecule has 0 aliphatic carbocycles. The van der Waals surface area contributed by atoms with Gasteiger partial charge in [-0.25, -0.2) is 9.97 Å². The van der Waals surface area contributed by atoms with Crippen LogP contribution in [0.15, 0.2) is 24.4 Å². The third-order valence-corrected chi connectivity index (χ3v) is 4.72. The monoisotopic (exact) mass is 385 g/mol. The minimum Gasteiger partial charge on any atom is -0.493 e. The van der Waals surface area contributed by atoms with Gasteiger partial charge in [0.1, 0.15) is 5.69 Å². The Labute approximate surface area is 165 Å². The second kappa shape index (κ2) is 8.88. The Morgan fingerprint density at radius 3 is 2.61 bits per heavy atom. The maximum Gasteiger partial charge on any atom is 0.272 e. The maximum atomic E-state index is 13.0. The molecule has 1 aromatic heterocycles. The van der Waals surface area contributed by atoms with Crippen molar-refractivity contribution in [2.45, 2.75) is 13.0 Å². The first-order valence-corrected chi connectivity index (χ1v) is 9.26. The quantitative estimate of drug-likeness (QED) is 0.776. The van der Waals surface area contributed by atoms with Crippen molar-refractivity contribution in [2.24, 2.45) is 0 Å². The summed E-state index contributed by atoms with van der Waals surface area (Å²) in [6.45, 7) is 2.72. The number of amides is 1. The van der Waals surface area contributed by atoms with Gasteiger partial charge in [0.25, 0.3) is 5.91 Å². The lowest BCUT2D eigenvalue weighted by Gasteiger charge is -2.29. The Morgan fingerprint density at radius 1 is 1.21 bits per heavy atom. The van der Waals surface area contributed by atoms with Crippen LogP contribution in [0.5, 0.6) is 11.5 Å². The summed E-state index contributed by atoms with van der Waals surface area (Å²) in [6.07, 6.45) is 2.38. The second-order valence-corrected chi connectivity index (χ2v) is 6.95. The minimum absolute atomic E-state index is 0.0986. The van der Waals surface area contributed by atoms with E-state index in [0.29, 0.717) is 42.8 Å². The number of benzene rings is 1. The normalized spacial score (nSPS) is 13.2. The van der Waals surface area contributed by atoms with Gasteiger partial charge in [-0.05, 0) is 49.8 Å². The highest BCUT2D eigenvalue weighted by Gasteiger charge is 2.24. The molecule has 8 heteroatoms. The molecule has 1 aliphatic heterocycles. The van der Waals surface area contributed by atoms with Crippen molar-refractivity contribution in [3.63, 3.8) is 0 Å². The molecule has 2 heterocycles. The molecule has 1 aromatic carbocycles. The topological polar surface area (TPSA) is 79.8 Å². The number of carbonyl (C=O) groups is 1. The van der Waals surface area contributed by atoms with E-state index in [1.54, 1.807) is 31.4 Å². The van der Waals surface area contributed by atoms with Crippen LogP contribution >= 0.6 is 0 Å². The number of anilines is 1. The van der Waals surface area contributed by atoms with Crippen molar-refractivity contribution in [3.8, 4) is 11.5 Å². The minimum atomic E-state index is -0.0986. The van der Waals surface area contributed by atoms with Crippen molar-refractivity contribution in [1.29, 1.82) is 0 Å². The summed E-state index contributed by atoms with van der Waals surface area (Å²) in [7, 11) is 7.24. The smallest absolute Gasteiger partial charge is 0.272 e. The molecule has 0 fully saturated rings. The molecule has 2 aromatic rings. The zero-order valence-electron chi connectivity index (χ0n) is 16.9. The second-order valence-electron chi connectivity index (χ2n) is 6.95. The van der Waals surface area contributed by atoms with Crippen LogP contribution in [0.1, 0.15) is 21.6 Å². The predicted octanol–water partition coefficient (Wildman–Crippen LogP) is 1.67. The summed E-state index contributed by atoms with van der Waals surface area (Å²) in [6, 6.07) is 5.60. The van der Waals surface area contributed by atoms with E-state index in [1.165, 1.54) is 5.56 Å². The number of likely N-dealkylation sites (N-methyl/N-ethyl adjacent to an activating group) is 1. The summed E-state index contributed by atoms with van der Waals surface area (Å²) < 4.78 is 10.8. The molecule has 1 amide bonds. The fraction of sp³-hybridized carbons (Fsp3) is 0.450. The highest BCUT2D eigenvalue weighted by Crippen LogP contribution is 2.33. The first-order chi connectivity index (χ1) is 13.5. The largest absolute Gasteiger partial charge is 0.493 e. The van der Waals surface area contributed by atoms with E-state index < -0.39 is 0 Å². The SMILES string of the molecule is COc1cc2c(cc1OC)CN(C(=O)c1ccnc(NCCN(C)C)n1)CC2. The van der Waals surface area contributed by atoms with Gasteiger partial charge in [0.2, 0.25) is 5.95 Å². The summed E-state index contributed by atoms with van der Waals surface area (Å²) in [5.74, 6) is 1.75. The summed E-state index contributed by atoms with van der Waals surface area (Å²) >= 11 is 0. The lowest BCUT2D eigenvalue weighted by Crippen LogP contribution is -2.36. The van der Waals surface area contributed by atoms with E-state index in [2.05, 4.69) is 20.2 Å². The van der Waals surface area contributed by atoms with Crippen LogP contribution in [0, 0.1) is 0 Å². The molecule has 0 unspecified atom stereocenters. The van der Waals surface area contributed by atoms with Gasteiger partial charge in [0.15, 0.2) is 11.5 Å². The molecule has 0 saturated heterocycles. The Morgan fingerprint density at radius 2 is 1.93 bits per heavy atom. The Hall–Kier alpha value is -2.87. The van der Waals surface area contributed by atoms with Crippen molar-refractivity contribution in [2.75, 3.05) is 53.3 Å². The van der Waals surface area contributed by atoms with Gasteiger partial charge >= 0.3 is 0 Å². The number of nitrogens with one attached hydrogen (secondary N) is 1. The molecule has 0 saturated carbocycles. The van der Waals surface area contributed by atoms with Crippen molar-refractivity contribution < 1.29 is 14.3 Å². The van der Waals surface area contributed by atoms with Gasteiger partial charge in [-0.2, -0.15) is 0 Å². The number of rotatable bonds is 7. The molecule has 0 bridgehead atoms. The molecule has 1 N–H and O–H groups in total. The number of fused-ring (bicyclic) bond motifs is 1. The van der Waals surface area contributed by atoms with Crippen LogP contribution in [-0.4, -0.2) is 73.6 Å². The fourth-order valence-corrected chi connectivity index (χ4v) is 3.17. The highest BCUT2D eigenvalue weighted by molar-refractivity contribution is 5.92. The van der Waals surface area contributed by atoms with E-state index in [4.69, 9.17) is 9.47 Å². The van der Waals surface area contributed by atoms with E-state index in [-0.39, 0.29) is 5.91 Å². The number of nitrogens with zero attached hydrogens (tertiary/aromatic N) is 4. The van der Waals surface area contributed by atoms with Gasteiger partial charge < -0.3 is 24.6 Å². The first-order valence-electron chi connectivity index (χ1n) is 9.26. The highest BCUT2D eigenvalue weighted by atomic mass is 16.5. The van der Waals surface area contributed by atoms with Gasteiger partial charge in [-0.3, -0.25) is 4.79 Å². The molecule has 0 atom stereocenters. The van der Waals surface area contributed by atoms with Crippen LogP contribution in [0.25, 0.3) is 0 Å². The molecular weight excluding hydrogens is 358 g/mol. The number of aromatic nitrogens is 2. The number of methoxy groups -OCH3 is 2. The van der Waals surface area contributed by atoms with E-state index in [9.17, 15) is 4.79 Å². The Bertz CT molecular complexity index is 841. The molecule has 3 rings (SSSR count). The number of hydrogen-bond acceptors (Lipinski definition) is 7. The number of ether oxygens (including phenoxy) is 2. The van der Waals surface area contributed by atoms with Crippen molar-refractivity contribution >= 4 is 11.9 Å². The molecular formula is C20H27N5O3. The molecule has 28 heavy (non-hydrogen) atoms. The Kier molecular flexibility index (Phi) is 6.30. The van der Waals surface area contributed by atoms with Crippen LogP contribution in [0.3, 0.4) is 0 Å². The summed E-state index contributed by atoms with van der Waals surface area (Å²) in [5.41, 5.74) is 2.64. The fourth-order valence-electron chi connectivity index (χ4n) is 3.17. The lowest BCUT2D eigenvalue weighted by molar-refractivity contribution is 0.0728. The van der Waals surface area contributed by atoms with E-state index in [0.717, 1.165) is 18.5 Å². The third kappa shape index (κ3) is 4.51. The zero-order valence-corrected chi connectivity index (χ0v) is 16.9. The predicted molar refractivity (Wildman–Crippen MR) is 107 cm³/mol. The van der Waals surface area contributed by atoms with Crippen LogP contribution in [0.4, 0.5) is 5.95 Å². The zero-order chi connectivity index (χ0) is 20.1. The lowest BCUT2D eigenvalue weighted by atomic mass is 9.98. The average molecular weight is 385 g/mol. The molecule has 0 spiro atoms. The Balaban J connectivity index is 1.72. The van der Waals surface area contributed by atoms with Crippen LogP contribution in [0.2, 0.25) is 0 Å². The molecule has 150 valence electrons. The number of hydrogen-bond donors (Lipinski definition) is 1. The first kappa shape index (κ1) is 19.9. The standard InChI is InChI=1S/C20H27N5O3/c1-24(2)10-8-22-20-21-7-5-16(23-20)19(26)25-9-6-14-11-17(27-3)18(28-4)12-15(14)13-25/h5,7,11-12H,6,8-10,13H2,1-4H3,(H,21,22,23). The van der Waals surface area contributed by atoms with Gasteiger partial charge in [-0.1, -0.05) is 0 Å². The van der Waals surface area contributed by atoms with Crippen LogP contribution in [-0.2, 0) is 13.0 Å². The average Bonchev–Trinajstić information content (AvgIpc) is 2.71. The molecule has 0 radical (unpaired) electrons. The van der Waals surface area contributed by atoms with Gasteiger partial charge in [0.05, 0.1) is 14.2 Å². The van der Waals surface area contributed by atoms with E-state index in [1.807, 2.05) is 26.2 Å². The van der Waals surface area contributed by atoms with Gasteiger partial charge in [-0.15, -0.1) is 0 Å². The van der Waals surface area contributed by atoms with Crippen molar-refractivity contribution in [3.05, 3.63) is 41.2 Å². The summed E-state index contributed by atoms with van der Waals surface area (Å²) in [4.78, 5) is 25.4. The number of carbonyl (C=O) groups excluding carboxylic acids is 1. The van der Waals surface area contributed by atoms with E-state index >= 15 is 0 Å². The van der Waals surface area contributed by atoms with Gasteiger partial charge in [0, 0.05) is 32.4 Å². The maximum absolute atomic E-state index is 13.0. The van der Waals surface area contributed by atoms with Crippen molar-refractivity contribution in [1.82, 2.24) is 19.8 Å². The molecule has 8 nitrogen and oxygen atoms in total.